The molecular formula is C16H25NO. The number of aliphatic hydroxyl groups excluding tert-OH is 1. The van der Waals surface area contributed by atoms with Crippen molar-refractivity contribution in [3.8, 4) is 0 Å². The molecule has 1 aliphatic heterocycles. The first-order valence-electron chi connectivity index (χ1n) is 7.13. The minimum absolute atomic E-state index is 0.254. The summed E-state index contributed by atoms with van der Waals surface area (Å²) in [6.07, 6.45) is 3.55. The number of hydrogen-bond donors (Lipinski definition) is 1. The van der Waals surface area contributed by atoms with Gasteiger partial charge in [0.1, 0.15) is 0 Å². The van der Waals surface area contributed by atoms with Gasteiger partial charge in [0.2, 0.25) is 0 Å². The molecule has 100 valence electrons. The van der Waals surface area contributed by atoms with E-state index in [1.54, 1.807) is 0 Å². The minimum atomic E-state index is 0.254. The van der Waals surface area contributed by atoms with Gasteiger partial charge in [-0.1, -0.05) is 31.2 Å². The van der Waals surface area contributed by atoms with E-state index in [0.717, 1.165) is 12.3 Å². The molecule has 18 heavy (non-hydrogen) atoms. The zero-order chi connectivity index (χ0) is 13.0. The summed E-state index contributed by atoms with van der Waals surface area (Å²) >= 11 is 0. The summed E-state index contributed by atoms with van der Waals surface area (Å²) in [6.45, 7) is 4.80. The number of piperidine rings is 1. The predicted molar refractivity (Wildman–Crippen MR) is 76.0 cm³/mol. The summed E-state index contributed by atoms with van der Waals surface area (Å²) in [6, 6.07) is 8.95. The number of likely N-dealkylation sites (tertiary alicyclic amines) is 1. The molecule has 0 radical (unpaired) electrons. The number of hydrogen-bond acceptors (Lipinski definition) is 2. The number of rotatable bonds is 4. The molecule has 0 amide bonds. The third kappa shape index (κ3) is 3.12. The molecule has 1 atom stereocenters. The first-order chi connectivity index (χ1) is 8.74. The maximum atomic E-state index is 9.32. The highest BCUT2D eigenvalue weighted by atomic mass is 16.3. The minimum Gasteiger partial charge on any atom is -0.396 e. The van der Waals surface area contributed by atoms with Gasteiger partial charge in [-0.05, 0) is 56.4 Å². The lowest BCUT2D eigenvalue weighted by atomic mass is 9.87. The molecule has 1 fully saturated rings. The van der Waals surface area contributed by atoms with Gasteiger partial charge in [0.15, 0.2) is 0 Å². The van der Waals surface area contributed by atoms with Crippen LogP contribution >= 0.6 is 0 Å². The lowest BCUT2D eigenvalue weighted by Crippen LogP contribution is -2.29. The van der Waals surface area contributed by atoms with Crippen LogP contribution in [-0.4, -0.2) is 36.8 Å². The SMILES string of the molecule is CCC(CO)c1ccc(C2CCN(C)CC2)cc1. The highest BCUT2D eigenvalue weighted by Crippen LogP contribution is 2.29. The van der Waals surface area contributed by atoms with Crippen molar-refractivity contribution in [3.63, 3.8) is 0 Å². The topological polar surface area (TPSA) is 23.5 Å². The Bertz CT molecular complexity index is 348. The van der Waals surface area contributed by atoms with Crippen molar-refractivity contribution >= 4 is 0 Å². The van der Waals surface area contributed by atoms with E-state index in [-0.39, 0.29) is 6.61 Å². The molecule has 0 spiro atoms. The van der Waals surface area contributed by atoms with Crippen LogP contribution in [0, 0.1) is 0 Å². The fraction of sp³-hybridized carbons (Fsp3) is 0.625. The van der Waals surface area contributed by atoms with Crippen LogP contribution in [-0.2, 0) is 0 Å². The fourth-order valence-corrected chi connectivity index (χ4v) is 2.85. The molecule has 1 N–H and O–H groups in total. The van der Waals surface area contributed by atoms with E-state index >= 15 is 0 Å². The molecule has 0 bridgehead atoms. The number of benzene rings is 1. The van der Waals surface area contributed by atoms with Crippen LogP contribution in [0.1, 0.15) is 49.1 Å². The van der Waals surface area contributed by atoms with E-state index in [0.29, 0.717) is 5.92 Å². The Balaban J connectivity index is 2.03. The highest BCUT2D eigenvalue weighted by molar-refractivity contribution is 5.28. The van der Waals surface area contributed by atoms with Crippen LogP contribution in [0.15, 0.2) is 24.3 Å². The second-order valence-corrected chi connectivity index (χ2v) is 5.53. The monoisotopic (exact) mass is 247 g/mol. The first-order valence-corrected chi connectivity index (χ1v) is 7.13. The van der Waals surface area contributed by atoms with Crippen molar-refractivity contribution in [1.29, 1.82) is 0 Å². The van der Waals surface area contributed by atoms with Gasteiger partial charge in [-0.25, -0.2) is 0 Å². The lowest BCUT2D eigenvalue weighted by Gasteiger charge is -2.29. The van der Waals surface area contributed by atoms with Crippen LogP contribution in [0.3, 0.4) is 0 Å². The zero-order valence-corrected chi connectivity index (χ0v) is 11.6. The molecule has 1 aliphatic rings. The van der Waals surface area contributed by atoms with Crippen LogP contribution in [0.5, 0.6) is 0 Å². The summed E-state index contributed by atoms with van der Waals surface area (Å²) in [5, 5.41) is 9.32. The van der Waals surface area contributed by atoms with Crippen LogP contribution in [0.25, 0.3) is 0 Å². The molecule has 1 unspecified atom stereocenters. The van der Waals surface area contributed by atoms with Crippen molar-refractivity contribution in [2.24, 2.45) is 0 Å². The molecule has 1 aromatic carbocycles. The molecule has 1 heterocycles. The van der Waals surface area contributed by atoms with Crippen molar-refractivity contribution < 1.29 is 5.11 Å². The van der Waals surface area contributed by atoms with Gasteiger partial charge in [0.05, 0.1) is 0 Å². The Hall–Kier alpha value is -0.860. The van der Waals surface area contributed by atoms with Gasteiger partial charge >= 0.3 is 0 Å². The van der Waals surface area contributed by atoms with Gasteiger partial charge in [-0.15, -0.1) is 0 Å². The van der Waals surface area contributed by atoms with Gasteiger partial charge in [-0.2, -0.15) is 0 Å². The zero-order valence-electron chi connectivity index (χ0n) is 11.6. The first kappa shape index (κ1) is 13.6. The second-order valence-electron chi connectivity index (χ2n) is 5.53. The maximum absolute atomic E-state index is 9.32. The Labute approximate surface area is 111 Å². The lowest BCUT2D eigenvalue weighted by molar-refractivity contribution is 0.255. The smallest absolute Gasteiger partial charge is 0.0499 e. The predicted octanol–water partition coefficient (Wildman–Crippen LogP) is 2.98. The summed E-state index contributed by atoms with van der Waals surface area (Å²) in [5.41, 5.74) is 2.75. The second kappa shape index (κ2) is 6.35. The molecule has 2 nitrogen and oxygen atoms in total. The molecule has 0 aliphatic carbocycles. The van der Waals surface area contributed by atoms with E-state index in [2.05, 4.69) is 43.1 Å². The molecule has 1 saturated heterocycles. The van der Waals surface area contributed by atoms with Gasteiger partial charge < -0.3 is 10.0 Å². The average molecular weight is 247 g/mol. The van der Waals surface area contributed by atoms with Crippen LogP contribution < -0.4 is 0 Å². The normalized spacial score (nSPS) is 19.9. The largest absolute Gasteiger partial charge is 0.396 e. The summed E-state index contributed by atoms with van der Waals surface area (Å²) < 4.78 is 0. The molecular weight excluding hydrogens is 222 g/mol. The quantitative estimate of drug-likeness (QED) is 0.884. The molecule has 0 aromatic heterocycles. The molecule has 2 heteroatoms. The van der Waals surface area contributed by atoms with E-state index in [4.69, 9.17) is 0 Å². The molecule has 2 rings (SSSR count). The Kier molecular flexibility index (Phi) is 4.79. The Morgan fingerprint density at radius 3 is 2.33 bits per heavy atom. The van der Waals surface area contributed by atoms with E-state index in [1.807, 2.05) is 0 Å². The maximum Gasteiger partial charge on any atom is 0.0499 e. The summed E-state index contributed by atoms with van der Waals surface area (Å²) in [5.74, 6) is 1.03. The molecule has 1 aromatic rings. The van der Waals surface area contributed by atoms with E-state index in [1.165, 1.54) is 37.1 Å². The van der Waals surface area contributed by atoms with Gasteiger partial charge in [0.25, 0.3) is 0 Å². The Morgan fingerprint density at radius 2 is 1.83 bits per heavy atom. The third-order valence-corrected chi connectivity index (χ3v) is 4.31. The standard InChI is InChI=1S/C16H25NO/c1-3-13(12-18)14-4-6-15(7-5-14)16-8-10-17(2)11-9-16/h4-7,13,16,18H,3,8-12H2,1-2H3. The van der Waals surface area contributed by atoms with Crippen molar-refractivity contribution in [2.45, 2.75) is 38.0 Å². The van der Waals surface area contributed by atoms with Crippen molar-refractivity contribution in [1.82, 2.24) is 4.90 Å². The van der Waals surface area contributed by atoms with Crippen molar-refractivity contribution in [3.05, 3.63) is 35.4 Å². The van der Waals surface area contributed by atoms with E-state index in [9.17, 15) is 5.11 Å². The van der Waals surface area contributed by atoms with Crippen LogP contribution in [0.4, 0.5) is 0 Å². The summed E-state index contributed by atoms with van der Waals surface area (Å²) in [4.78, 5) is 2.41. The molecule has 0 saturated carbocycles. The Morgan fingerprint density at radius 1 is 1.22 bits per heavy atom. The number of aliphatic hydroxyl groups is 1. The van der Waals surface area contributed by atoms with Gasteiger partial charge in [0, 0.05) is 12.5 Å². The van der Waals surface area contributed by atoms with Crippen molar-refractivity contribution in [2.75, 3.05) is 26.7 Å². The highest BCUT2D eigenvalue weighted by Gasteiger charge is 2.18. The summed E-state index contributed by atoms with van der Waals surface area (Å²) in [7, 11) is 2.20. The fourth-order valence-electron chi connectivity index (χ4n) is 2.85. The number of nitrogens with zero attached hydrogens (tertiary/aromatic N) is 1. The third-order valence-electron chi connectivity index (χ3n) is 4.31. The van der Waals surface area contributed by atoms with Crippen LogP contribution in [0.2, 0.25) is 0 Å². The van der Waals surface area contributed by atoms with Gasteiger partial charge in [-0.3, -0.25) is 0 Å². The van der Waals surface area contributed by atoms with E-state index < -0.39 is 0 Å². The average Bonchev–Trinajstić information content (AvgIpc) is 2.42.